The van der Waals surface area contributed by atoms with Crippen LogP contribution in [0.4, 0.5) is 18.9 Å². The molecule has 106 valence electrons. The van der Waals surface area contributed by atoms with Gasteiger partial charge in [0.15, 0.2) is 5.69 Å². The summed E-state index contributed by atoms with van der Waals surface area (Å²) in [7, 11) is 0. The number of benzene rings is 1. The first kappa shape index (κ1) is 14.1. The summed E-state index contributed by atoms with van der Waals surface area (Å²) in [5.74, 6) is -0.438. The van der Waals surface area contributed by atoms with E-state index in [0.717, 1.165) is 22.5 Å². The van der Waals surface area contributed by atoms with Crippen LogP contribution < -0.4 is 5.32 Å². The molecule has 1 aromatic carbocycles. The molecule has 4 nitrogen and oxygen atoms in total. The number of carbonyl (C=O) groups excluding carboxylic acids is 1. The first-order valence-electron chi connectivity index (χ1n) is 5.82. The molecule has 1 heterocycles. The number of hydrogen-bond acceptors (Lipinski definition) is 2. The van der Waals surface area contributed by atoms with E-state index in [4.69, 9.17) is 0 Å². The second-order valence-corrected chi connectivity index (χ2v) is 4.31. The zero-order valence-corrected chi connectivity index (χ0v) is 10.6. The van der Waals surface area contributed by atoms with Gasteiger partial charge in [-0.25, -0.2) is 0 Å². The first-order valence-corrected chi connectivity index (χ1v) is 5.82. The molecule has 1 aromatic heterocycles. The number of amides is 1. The number of hydrogen-bond donors (Lipinski definition) is 1. The van der Waals surface area contributed by atoms with Gasteiger partial charge in [-0.05, 0) is 30.7 Å². The summed E-state index contributed by atoms with van der Waals surface area (Å²) >= 11 is 0. The molecule has 0 fully saturated rings. The molecule has 0 bridgehead atoms. The summed E-state index contributed by atoms with van der Waals surface area (Å²) in [5, 5.41) is 5.91. The number of aryl methyl sites for hydroxylation is 1. The quantitative estimate of drug-likeness (QED) is 0.941. The van der Waals surface area contributed by atoms with Crippen molar-refractivity contribution in [3.63, 3.8) is 0 Å². The highest BCUT2D eigenvalue weighted by Gasteiger charge is 2.33. The average molecular weight is 283 g/mol. The Hall–Kier alpha value is -2.31. The molecule has 0 aliphatic carbocycles. The third-order valence-electron chi connectivity index (χ3n) is 2.54. The van der Waals surface area contributed by atoms with Crippen molar-refractivity contribution in [3.05, 3.63) is 47.8 Å². The minimum absolute atomic E-state index is 0.274. The van der Waals surface area contributed by atoms with Crippen molar-refractivity contribution >= 4 is 11.6 Å². The summed E-state index contributed by atoms with van der Waals surface area (Å²) in [6, 6.07) is 7.95. The van der Waals surface area contributed by atoms with Crippen LogP contribution in [0, 0.1) is 6.92 Å². The van der Waals surface area contributed by atoms with Crippen molar-refractivity contribution in [2.45, 2.75) is 19.6 Å². The zero-order chi connectivity index (χ0) is 14.8. The van der Waals surface area contributed by atoms with E-state index in [1.165, 1.54) is 0 Å². The van der Waals surface area contributed by atoms with Crippen molar-refractivity contribution in [2.24, 2.45) is 0 Å². The van der Waals surface area contributed by atoms with Crippen LogP contribution in [-0.4, -0.2) is 15.7 Å². The van der Waals surface area contributed by atoms with Crippen LogP contribution in [0.3, 0.4) is 0 Å². The molecular weight excluding hydrogens is 271 g/mol. The van der Waals surface area contributed by atoms with Crippen molar-refractivity contribution in [2.75, 3.05) is 5.32 Å². The molecule has 7 heteroatoms. The van der Waals surface area contributed by atoms with E-state index >= 15 is 0 Å². The molecule has 0 radical (unpaired) electrons. The lowest BCUT2D eigenvalue weighted by molar-refractivity contribution is -0.141. The fourth-order valence-electron chi connectivity index (χ4n) is 1.67. The molecule has 0 spiro atoms. The van der Waals surface area contributed by atoms with Gasteiger partial charge in [-0.2, -0.15) is 18.3 Å². The maximum absolute atomic E-state index is 12.4. The molecule has 0 atom stereocenters. The maximum Gasteiger partial charge on any atom is 0.435 e. The van der Waals surface area contributed by atoms with Gasteiger partial charge >= 0.3 is 6.18 Å². The summed E-state index contributed by atoms with van der Waals surface area (Å²) in [4.78, 5) is 11.7. The molecule has 0 saturated heterocycles. The Morgan fingerprint density at radius 2 is 2.10 bits per heavy atom. The second-order valence-electron chi connectivity index (χ2n) is 4.31. The molecule has 2 aromatic rings. The minimum Gasteiger partial charge on any atom is -0.324 e. The molecule has 0 aliphatic heterocycles. The smallest absolute Gasteiger partial charge is 0.324 e. The van der Waals surface area contributed by atoms with Crippen molar-refractivity contribution in [1.29, 1.82) is 0 Å². The van der Waals surface area contributed by atoms with Crippen molar-refractivity contribution < 1.29 is 18.0 Å². The Morgan fingerprint density at radius 1 is 1.35 bits per heavy atom. The zero-order valence-electron chi connectivity index (χ0n) is 10.6. The molecule has 0 saturated carbocycles. The molecular formula is C13H12F3N3O. The fourth-order valence-corrected chi connectivity index (χ4v) is 1.67. The van der Waals surface area contributed by atoms with Crippen molar-refractivity contribution in [1.82, 2.24) is 9.78 Å². The van der Waals surface area contributed by atoms with Crippen LogP contribution in [-0.2, 0) is 17.5 Å². The predicted molar refractivity (Wildman–Crippen MR) is 67.0 cm³/mol. The van der Waals surface area contributed by atoms with Gasteiger partial charge in [0.05, 0.1) is 0 Å². The highest BCUT2D eigenvalue weighted by Crippen LogP contribution is 2.27. The van der Waals surface area contributed by atoms with Crippen LogP contribution in [0.1, 0.15) is 11.3 Å². The Bertz CT molecular complexity index is 619. The van der Waals surface area contributed by atoms with Crippen LogP contribution in [0.2, 0.25) is 0 Å². The minimum atomic E-state index is -4.50. The summed E-state index contributed by atoms with van der Waals surface area (Å²) in [6.45, 7) is 1.60. The van der Waals surface area contributed by atoms with E-state index < -0.39 is 17.8 Å². The van der Waals surface area contributed by atoms with Gasteiger partial charge in [0, 0.05) is 11.9 Å². The number of rotatable bonds is 3. The summed E-state index contributed by atoms with van der Waals surface area (Å²) in [6.07, 6.45) is -3.38. The monoisotopic (exact) mass is 283 g/mol. The SMILES string of the molecule is Cc1cccc(NC(=O)Cn2ccc(C(F)(F)F)n2)c1. The van der Waals surface area contributed by atoms with Crippen LogP contribution >= 0.6 is 0 Å². The predicted octanol–water partition coefficient (Wildman–Crippen LogP) is 2.85. The molecule has 0 aliphatic rings. The number of nitrogens with zero attached hydrogens (tertiary/aromatic N) is 2. The topological polar surface area (TPSA) is 46.9 Å². The van der Waals surface area contributed by atoms with Gasteiger partial charge in [0.1, 0.15) is 6.54 Å². The summed E-state index contributed by atoms with van der Waals surface area (Å²) in [5.41, 5.74) is 0.556. The standard InChI is InChI=1S/C13H12F3N3O/c1-9-3-2-4-10(7-9)17-12(20)8-19-6-5-11(18-19)13(14,15)16/h2-7H,8H2,1H3,(H,17,20). The Balaban J connectivity index is 2.00. The third kappa shape index (κ3) is 3.59. The van der Waals surface area contributed by atoms with Gasteiger partial charge in [0.2, 0.25) is 5.91 Å². The molecule has 2 rings (SSSR count). The second kappa shape index (κ2) is 5.36. The van der Waals surface area contributed by atoms with Gasteiger partial charge in [-0.1, -0.05) is 12.1 Å². The van der Waals surface area contributed by atoms with Crippen LogP contribution in [0.25, 0.3) is 0 Å². The largest absolute Gasteiger partial charge is 0.435 e. The average Bonchev–Trinajstić information content (AvgIpc) is 2.76. The molecule has 20 heavy (non-hydrogen) atoms. The van der Waals surface area contributed by atoms with E-state index in [9.17, 15) is 18.0 Å². The van der Waals surface area contributed by atoms with E-state index in [0.29, 0.717) is 5.69 Å². The Morgan fingerprint density at radius 3 is 2.70 bits per heavy atom. The van der Waals surface area contributed by atoms with Crippen LogP contribution in [0.5, 0.6) is 0 Å². The number of nitrogens with one attached hydrogen (secondary N) is 1. The van der Waals surface area contributed by atoms with Gasteiger partial charge < -0.3 is 5.32 Å². The first-order chi connectivity index (χ1) is 9.34. The highest BCUT2D eigenvalue weighted by molar-refractivity contribution is 5.90. The molecule has 1 N–H and O–H groups in total. The highest BCUT2D eigenvalue weighted by atomic mass is 19.4. The van der Waals surface area contributed by atoms with E-state index in [1.54, 1.807) is 18.2 Å². The van der Waals surface area contributed by atoms with Gasteiger partial charge in [0.25, 0.3) is 0 Å². The van der Waals surface area contributed by atoms with Crippen LogP contribution in [0.15, 0.2) is 36.5 Å². The lowest BCUT2D eigenvalue weighted by Crippen LogP contribution is -2.19. The third-order valence-corrected chi connectivity index (χ3v) is 2.54. The maximum atomic E-state index is 12.4. The van der Waals surface area contributed by atoms with E-state index in [1.807, 2.05) is 13.0 Å². The fraction of sp³-hybridized carbons (Fsp3) is 0.231. The molecule has 1 amide bonds. The van der Waals surface area contributed by atoms with E-state index in [2.05, 4.69) is 10.4 Å². The van der Waals surface area contributed by atoms with E-state index in [-0.39, 0.29) is 6.54 Å². The summed E-state index contributed by atoms with van der Waals surface area (Å²) < 4.78 is 38.0. The number of carbonyl (C=O) groups is 1. The lowest BCUT2D eigenvalue weighted by atomic mass is 10.2. The Labute approximate surface area is 113 Å². The van der Waals surface area contributed by atoms with Crippen molar-refractivity contribution in [3.8, 4) is 0 Å². The molecule has 0 unspecified atom stereocenters. The lowest BCUT2D eigenvalue weighted by Gasteiger charge is -2.06. The number of alkyl halides is 3. The van der Waals surface area contributed by atoms with Gasteiger partial charge in [-0.15, -0.1) is 0 Å². The Kier molecular flexibility index (Phi) is 3.78. The van der Waals surface area contributed by atoms with Gasteiger partial charge in [-0.3, -0.25) is 9.48 Å². The number of aromatic nitrogens is 2. The number of halogens is 3. The normalized spacial score (nSPS) is 11.4. The number of anilines is 1.